The lowest BCUT2D eigenvalue weighted by Gasteiger charge is -2.06. The van der Waals surface area contributed by atoms with Gasteiger partial charge in [-0.05, 0) is 41.3 Å². The van der Waals surface area contributed by atoms with Crippen LogP contribution in [0.5, 0.6) is 0 Å². The van der Waals surface area contributed by atoms with Crippen molar-refractivity contribution in [1.82, 2.24) is 4.57 Å². The minimum atomic E-state index is -0.395. The van der Waals surface area contributed by atoms with E-state index in [9.17, 15) is 4.79 Å². The van der Waals surface area contributed by atoms with Gasteiger partial charge in [0.15, 0.2) is 0 Å². The van der Waals surface area contributed by atoms with Gasteiger partial charge in [0.25, 0.3) is 0 Å². The molecule has 3 nitrogen and oxygen atoms in total. The molecule has 0 saturated heterocycles. The van der Waals surface area contributed by atoms with E-state index in [0.717, 1.165) is 18.5 Å². The maximum atomic E-state index is 11.2. The molecule has 0 aliphatic rings. The Bertz CT molecular complexity index is 1050. The van der Waals surface area contributed by atoms with Crippen LogP contribution in [0.3, 0.4) is 0 Å². The second kappa shape index (κ2) is 6.89. The monoisotopic (exact) mass is 340 g/mol. The minimum Gasteiger partial charge on any atom is -0.366 e. The highest BCUT2D eigenvalue weighted by Crippen LogP contribution is 2.24. The van der Waals surface area contributed by atoms with Crippen LogP contribution >= 0.6 is 0 Å². The normalized spacial score (nSPS) is 10.9. The number of carbonyl (C=O) groups is 1. The van der Waals surface area contributed by atoms with Crippen LogP contribution in [0.1, 0.15) is 27.0 Å². The number of nitrogens with two attached hydrogens (primary N) is 1. The van der Waals surface area contributed by atoms with Gasteiger partial charge in [0.1, 0.15) is 0 Å². The lowest BCUT2D eigenvalue weighted by Crippen LogP contribution is -2.10. The Morgan fingerprint density at radius 2 is 1.50 bits per heavy atom. The molecule has 3 aromatic carbocycles. The number of hydrogen-bond donors (Lipinski definition) is 1. The number of primary amides is 1. The van der Waals surface area contributed by atoms with Gasteiger partial charge in [0.2, 0.25) is 5.91 Å². The van der Waals surface area contributed by atoms with Crippen molar-refractivity contribution in [3.05, 3.63) is 107 Å². The molecule has 0 aliphatic carbocycles. The number of nitrogens with zero attached hydrogens (tertiary/aromatic N) is 1. The first-order valence-electron chi connectivity index (χ1n) is 8.70. The van der Waals surface area contributed by atoms with E-state index in [1.54, 1.807) is 12.1 Å². The van der Waals surface area contributed by atoms with Crippen molar-refractivity contribution in [1.29, 1.82) is 0 Å². The summed E-state index contributed by atoms with van der Waals surface area (Å²) in [6.45, 7) is 0.758. The zero-order valence-corrected chi connectivity index (χ0v) is 14.4. The molecule has 1 amide bonds. The average Bonchev–Trinajstić information content (AvgIpc) is 3.01. The van der Waals surface area contributed by atoms with Crippen molar-refractivity contribution in [2.75, 3.05) is 0 Å². The Morgan fingerprint density at radius 1 is 0.808 bits per heavy atom. The second-order valence-electron chi connectivity index (χ2n) is 6.52. The Hall–Kier alpha value is -3.33. The summed E-state index contributed by atoms with van der Waals surface area (Å²) in [5, 5.41) is 1.28. The molecule has 0 spiro atoms. The molecule has 0 aliphatic heterocycles. The second-order valence-corrected chi connectivity index (χ2v) is 6.52. The first-order valence-corrected chi connectivity index (χ1v) is 8.70. The van der Waals surface area contributed by atoms with E-state index in [1.807, 2.05) is 18.2 Å². The highest BCUT2D eigenvalue weighted by Gasteiger charge is 2.09. The van der Waals surface area contributed by atoms with Crippen LogP contribution in [0, 0.1) is 0 Å². The molecule has 128 valence electrons. The topological polar surface area (TPSA) is 48.0 Å². The molecule has 1 heterocycles. The van der Waals surface area contributed by atoms with E-state index in [4.69, 9.17) is 5.73 Å². The zero-order chi connectivity index (χ0) is 17.9. The van der Waals surface area contributed by atoms with Crippen LogP contribution in [0.4, 0.5) is 0 Å². The molecule has 2 N–H and O–H groups in total. The summed E-state index contributed by atoms with van der Waals surface area (Å²) < 4.78 is 2.27. The van der Waals surface area contributed by atoms with E-state index in [0.29, 0.717) is 5.56 Å². The predicted molar refractivity (Wildman–Crippen MR) is 105 cm³/mol. The summed E-state index contributed by atoms with van der Waals surface area (Å²) in [5.74, 6) is -0.395. The van der Waals surface area contributed by atoms with Gasteiger partial charge in [0, 0.05) is 29.2 Å². The summed E-state index contributed by atoms with van der Waals surface area (Å²) in [6.07, 6.45) is 3.15. The number of aromatic nitrogens is 1. The fraction of sp³-hybridized carbons (Fsp3) is 0.0870. The highest BCUT2D eigenvalue weighted by molar-refractivity contribution is 5.92. The minimum absolute atomic E-state index is 0.395. The summed E-state index contributed by atoms with van der Waals surface area (Å²) in [5.41, 5.74) is 10.8. The number of amides is 1. The smallest absolute Gasteiger partial charge is 0.248 e. The van der Waals surface area contributed by atoms with Crippen LogP contribution < -0.4 is 5.73 Å². The van der Waals surface area contributed by atoms with E-state index < -0.39 is 5.91 Å². The highest BCUT2D eigenvalue weighted by atomic mass is 16.1. The van der Waals surface area contributed by atoms with Crippen molar-refractivity contribution in [2.45, 2.75) is 13.0 Å². The van der Waals surface area contributed by atoms with Crippen LogP contribution in [-0.4, -0.2) is 10.5 Å². The SMILES string of the molecule is NC(=O)c1ccc(Cn2cc(Cc3ccccc3)c3ccccc32)cc1. The van der Waals surface area contributed by atoms with Gasteiger partial charge in [0.05, 0.1) is 0 Å². The molecule has 4 rings (SSSR count). The Labute approximate surface area is 152 Å². The lowest BCUT2D eigenvalue weighted by molar-refractivity contribution is 0.100. The summed E-state index contributed by atoms with van der Waals surface area (Å²) >= 11 is 0. The summed E-state index contributed by atoms with van der Waals surface area (Å²) in [4.78, 5) is 11.2. The number of carbonyl (C=O) groups excluding carboxylic acids is 1. The predicted octanol–water partition coefficient (Wildman–Crippen LogP) is 4.38. The molecular weight excluding hydrogens is 320 g/mol. The molecule has 4 aromatic rings. The van der Waals surface area contributed by atoms with Crippen molar-refractivity contribution in [2.24, 2.45) is 5.73 Å². The number of hydrogen-bond acceptors (Lipinski definition) is 1. The van der Waals surface area contributed by atoms with Gasteiger partial charge in [-0.1, -0.05) is 60.7 Å². The van der Waals surface area contributed by atoms with Crippen molar-refractivity contribution in [3.8, 4) is 0 Å². The molecule has 0 unspecified atom stereocenters. The third kappa shape index (κ3) is 3.24. The number of rotatable bonds is 5. The van der Waals surface area contributed by atoms with Crippen LogP contribution in [-0.2, 0) is 13.0 Å². The zero-order valence-electron chi connectivity index (χ0n) is 14.4. The molecular formula is C23H20N2O. The Balaban J connectivity index is 1.68. The first-order chi connectivity index (χ1) is 12.7. The molecule has 26 heavy (non-hydrogen) atoms. The molecule has 0 atom stereocenters. The summed E-state index contributed by atoms with van der Waals surface area (Å²) in [6, 6.07) is 26.5. The van der Waals surface area contributed by atoms with E-state index >= 15 is 0 Å². The Kier molecular flexibility index (Phi) is 4.28. The Morgan fingerprint density at radius 3 is 2.23 bits per heavy atom. The first kappa shape index (κ1) is 16.2. The van der Waals surface area contributed by atoms with Gasteiger partial charge in [-0.3, -0.25) is 4.79 Å². The third-order valence-corrected chi connectivity index (χ3v) is 4.70. The maximum absolute atomic E-state index is 11.2. The fourth-order valence-corrected chi connectivity index (χ4v) is 3.38. The molecule has 0 bridgehead atoms. The third-order valence-electron chi connectivity index (χ3n) is 4.70. The van der Waals surface area contributed by atoms with Gasteiger partial charge < -0.3 is 10.3 Å². The fourth-order valence-electron chi connectivity index (χ4n) is 3.38. The van der Waals surface area contributed by atoms with Gasteiger partial charge in [-0.2, -0.15) is 0 Å². The van der Waals surface area contributed by atoms with Crippen LogP contribution in [0.25, 0.3) is 10.9 Å². The quantitative estimate of drug-likeness (QED) is 0.576. The molecule has 0 saturated carbocycles. The van der Waals surface area contributed by atoms with Crippen LogP contribution in [0.15, 0.2) is 85.1 Å². The lowest BCUT2D eigenvalue weighted by atomic mass is 10.0. The van der Waals surface area contributed by atoms with E-state index in [1.165, 1.54) is 22.0 Å². The van der Waals surface area contributed by atoms with E-state index in [2.05, 4.69) is 59.3 Å². The van der Waals surface area contributed by atoms with Gasteiger partial charge in [-0.25, -0.2) is 0 Å². The average molecular weight is 340 g/mol. The van der Waals surface area contributed by atoms with E-state index in [-0.39, 0.29) is 0 Å². The van der Waals surface area contributed by atoms with Gasteiger partial charge >= 0.3 is 0 Å². The maximum Gasteiger partial charge on any atom is 0.248 e. The number of benzene rings is 3. The standard InChI is InChI=1S/C23H20N2O/c24-23(26)19-12-10-18(11-13-19)15-25-16-20(14-17-6-2-1-3-7-17)21-8-4-5-9-22(21)25/h1-13,16H,14-15H2,(H2,24,26). The molecule has 0 radical (unpaired) electrons. The van der Waals surface area contributed by atoms with Gasteiger partial charge in [-0.15, -0.1) is 0 Å². The van der Waals surface area contributed by atoms with Crippen molar-refractivity contribution in [3.63, 3.8) is 0 Å². The van der Waals surface area contributed by atoms with Crippen LogP contribution in [0.2, 0.25) is 0 Å². The molecule has 0 fully saturated rings. The van der Waals surface area contributed by atoms with Crippen molar-refractivity contribution < 1.29 is 4.79 Å². The molecule has 1 aromatic heterocycles. The number of para-hydroxylation sites is 1. The van der Waals surface area contributed by atoms with Crippen molar-refractivity contribution >= 4 is 16.8 Å². The number of fused-ring (bicyclic) bond motifs is 1. The largest absolute Gasteiger partial charge is 0.366 e. The molecule has 3 heteroatoms. The summed E-state index contributed by atoms with van der Waals surface area (Å²) in [7, 11) is 0.